The van der Waals surface area contributed by atoms with E-state index >= 15 is 0 Å². The van der Waals surface area contributed by atoms with Gasteiger partial charge < -0.3 is 10.2 Å². The minimum atomic E-state index is 0.0506. The molecule has 0 fully saturated rings. The molecule has 0 unspecified atom stereocenters. The first-order valence-electron chi connectivity index (χ1n) is 8.77. The quantitative estimate of drug-likeness (QED) is 0.562. The summed E-state index contributed by atoms with van der Waals surface area (Å²) in [7, 11) is 0. The van der Waals surface area contributed by atoms with Crippen molar-refractivity contribution in [2.45, 2.75) is 24.7 Å². The standard InChI is InChI=1S/C20H22N4OS2/c1-3-21-19-22-23-20(27-19)26-14-18(25)24(13-16-9-5-4-6-10-16)17-11-7-8-15(2)12-17/h4-12H,3,13-14H2,1-2H3,(H,21,22). The molecule has 7 heteroatoms. The second-order valence-corrected chi connectivity index (χ2v) is 8.20. The molecule has 0 radical (unpaired) electrons. The first kappa shape index (κ1) is 19.4. The predicted octanol–water partition coefficient (Wildman–Crippen LogP) is 4.60. The summed E-state index contributed by atoms with van der Waals surface area (Å²) in [5.41, 5.74) is 3.14. The van der Waals surface area contributed by atoms with Crippen molar-refractivity contribution in [3.05, 3.63) is 65.7 Å². The zero-order valence-corrected chi connectivity index (χ0v) is 17.0. The van der Waals surface area contributed by atoms with Crippen LogP contribution in [0.3, 0.4) is 0 Å². The average molecular weight is 399 g/mol. The summed E-state index contributed by atoms with van der Waals surface area (Å²) in [5, 5.41) is 12.1. The summed E-state index contributed by atoms with van der Waals surface area (Å²) < 4.78 is 0.795. The molecule has 1 aromatic heterocycles. The summed E-state index contributed by atoms with van der Waals surface area (Å²) in [6.07, 6.45) is 0. The fraction of sp³-hybridized carbons (Fsp3) is 0.250. The molecule has 0 aliphatic carbocycles. The number of nitrogens with one attached hydrogen (secondary N) is 1. The van der Waals surface area contributed by atoms with Gasteiger partial charge in [0.05, 0.1) is 12.3 Å². The van der Waals surface area contributed by atoms with E-state index in [4.69, 9.17) is 0 Å². The van der Waals surface area contributed by atoms with Crippen LogP contribution in [0.15, 0.2) is 58.9 Å². The molecule has 3 rings (SSSR count). The smallest absolute Gasteiger partial charge is 0.237 e. The lowest BCUT2D eigenvalue weighted by Gasteiger charge is -2.23. The Balaban J connectivity index is 1.73. The highest BCUT2D eigenvalue weighted by molar-refractivity contribution is 8.01. The van der Waals surface area contributed by atoms with Crippen LogP contribution in [0.1, 0.15) is 18.1 Å². The van der Waals surface area contributed by atoms with Crippen molar-refractivity contribution in [3.8, 4) is 0 Å². The van der Waals surface area contributed by atoms with Crippen molar-refractivity contribution < 1.29 is 4.79 Å². The van der Waals surface area contributed by atoms with Crippen LogP contribution in [0.4, 0.5) is 10.8 Å². The second kappa shape index (κ2) is 9.53. The maximum absolute atomic E-state index is 13.0. The lowest BCUT2D eigenvalue weighted by molar-refractivity contribution is -0.116. The monoisotopic (exact) mass is 398 g/mol. The van der Waals surface area contributed by atoms with Crippen LogP contribution in [0.25, 0.3) is 0 Å². The van der Waals surface area contributed by atoms with Gasteiger partial charge in [0.15, 0.2) is 4.34 Å². The summed E-state index contributed by atoms with van der Waals surface area (Å²) in [6.45, 7) is 5.40. The minimum Gasteiger partial charge on any atom is -0.360 e. The summed E-state index contributed by atoms with van der Waals surface area (Å²) in [4.78, 5) is 14.8. The molecular formula is C20H22N4OS2. The number of rotatable bonds is 8. The van der Waals surface area contributed by atoms with Gasteiger partial charge in [-0.3, -0.25) is 4.79 Å². The molecule has 1 heterocycles. The Kier molecular flexibility index (Phi) is 6.84. The molecule has 0 bridgehead atoms. The van der Waals surface area contributed by atoms with Crippen molar-refractivity contribution >= 4 is 39.8 Å². The summed E-state index contributed by atoms with van der Waals surface area (Å²) in [5.74, 6) is 0.372. The fourth-order valence-corrected chi connectivity index (χ4v) is 4.27. The Hall–Kier alpha value is -2.38. The summed E-state index contributed by atoms with van der Waals surface area (Å²) >= 11 is 2.90. The number of thioether (sulfide) groups is 1. The molecule has 0 saturated carbocycles. The lowest BCUT2D eigenvalue weighted by atomic mass is 10.1. The minimum absolute atomic E-state index is 0.0506. The van der Waals surface area contributed by atoms with Gasteiger partial charge in [0.2, 0.25) is 11.0 Å². The van der Waals surface area contributed by atoms with E-state index in [1.165, 1.54) is 23.1 Å². The first-order chi connectivity index (χ1) is 13.2. The maximum atomic E-state index is 13.0. The molecular weight excluding hydrogens is 376 g/mol. The molecule has 5 nitrogen and oxygen atoms in total. The number of anilines is 2. The number of carbonyl (C=O) groups excluding carboxylic acids is 1. The number of aromatic nitrogens is 2. The third-order valence-electron chi connectivity index (χ3n) is 3.85. The van der Waals surface area contributed by atoms with Crippen LogP contribution in [0.2, 0.25) is 0 Å². The molecule has 0 spiro atoms. The average Bonchev–Trinajstić information content (AvgIpc) is 3.13. The molecule has 0 aliphatic heterocycles. The van der Waals surface area contributed by atoms with E-state index in [9.17, 15) is 4.79 Å². The number of carbonyl (C=O) groups is 1. The van der Waals surface area contributed by atoms with Crippen molar-refractivity contribution in [2.24, 2.45) is 0 Å². The van der Waals surface area contributed by atoms with E-state index < -0.39 is 0 Å². The normalized spacial score (nSPS) is 10.6. The Morgan fingerprint density at radius 1 is 1.15 bits per heavy atom. The highest BCUT2D eigenvalue weighted by atomic mass is 32.2. The van der Waals surface area contributed by atoms with Crippen LogP contribution in [-0.4, -0.2) is 28.4 Å². The Bertz CT molecular complexity index is 882. The molecule has 0 saturated heterocycles. The highest BCUT2D eigenvalue weighted by Gasteiger charge is 2.18. The van der Waals surface area contributed by atoms with Gasteiger partial charge in [-0.2, -0.15) is 0 Å². The van der Waals surface area contributed by atoms with E-state index in [-0.39, 0.29) is 5.91 Å². The topological polar surface area (TPSA) is 58.1 Å². The number of nitrogens with zero attached hydrogens (tertiary/aromatic N) is 3. The van der Waals surface area contributed by atoms with Crippen molar-refractivity contribution in [3.63, 3.8) is 0 Å². The largest absolute Gasteiger partial charge is 0.360 e. The molecule has 0 aliphatic rings. The molecule has 0 atom stereocenters. The number of benzene rings is 2. The lowest BCUT2D eigenvalue weighted by Crippen LogP contribution is -2.32. The zero-order valence-electron chi connectivity index (χ0n) is 15.4. The SMILES string of the molecule is CCNc1nnc(SCC(=O)N(Cc2ccccc2)c2cccc(C)c2)s1. The number of aryl methyl sites for hydroxylation is 1. The van der Waals surface area contributed by atoms with E-state index in [1.54, 1.807) is 0 Å². The number of hydrogen-bond acceptors (Lipinski definition) is 6. The molecule has 140 valence electrons. The van der Waals surface area contributed by atoms with Crippen molar-refractivity contribution in [1.29, 1.82) is 0 Å². The summed E-state index contributed by atoms with van der Waals surface area (Å²) in [6, 6.07) is 18.1. The van der Waals surface area contributed by atoms with Gasteiger partial charge in [-0.1, -0.05) is 65.6 Å². The Morgan fingerprint density at radius 2 is 1.96 bits per heavy atom. The Labute approximate surface area is 167 Å². The van der Waals surface area contributed by atoms with Crippen LogP contribution in [0, 0.1) is 6.92 Å². The fourth-order valence-electron chi connectivity index (χ4n) is 2.58. The van der Waals surface area contributed by atoms with Crippen molar-refractivity contribution in [2.75, 3.05) is 22.5 Å². The van der Waals surface area contributed by atoms with Crippen LogP contribution in [-0.2, 0) is 11.3 Å². The van der Waals surface area contributed by atoms with Gasteiger partial charge in [0, 0.05) is 12.2 Å². The van der Waals surface area contributed by atoms with Crippen LogP contribution in [0.5, 0.6) is 0 Å². The van der Waals surface area contributed by atoms with Crippen LogP contribution < -0.4 is 10.2 Å². The zero-order chi connectivity index (χ0) is 19.1. The highest BCUT2D eigenvalue weighted by Crippen LogP contribution is 2.27. The van der Waals surface area contributed by atoms with Gasteiger partial charge in [-0.05, 0) is 37.1 Å². The molecule has 1 N–H and O–H groups in total. The predicted molar refractivity (Wildman–Crippen MR) is 114 cm³/mol. The molecule has 3 aromatic rings. The second-order valence-electron chi connectivity index (χ2n) is 6.00. The Morgan fingerprint density at radius 3 is 2.70 bits per heavy atom. The first-order valence-corrected chi connectivity index (χ1v) is 10.6. The van der Waals surface area contributed by atoms with Crippen LogP contribution >= 0.6 is 23.1 Å². The van der Waals surface area contributed by atoms with E-state index in [0.29, 0.717) is 12.3 Å². The van der Waals surface area contributed by atoms with Crippen molar-refractivity contribution in [1.82, 2.24) is 10.2 Å². The van der Waals surface area contributed by atoms with E-state index in [0.717, 1.165) is 32.8 Å². The number of amides is 1. The maximum Gasteiger partial charge on any atom is 0.237 e. The molecule has 1 amide bonds. The third-order valence-corrected chi connectivity index (χ3v) is 5.85. The van der Waals surface area contributed by atoms with Gasteiger partial charge in [0.1, 0.15) is 0 Å². The molecule has 27 heavy (non-hydrogen) atoms. The van der Waals surface area contributed by atoms with Gasteiger partial charge in [-0.25, -0.2) is 0 Å². The third kappa shape index (κ3) is 5.55. The van der Waals surface area contributed by atoms with Gasteiger partial charge in [0.25, 0.3) is 0 Å². The van der Waals surface area contributed by atoms with Gasteiger partial charge >= 0.3 is 0 Å². The molecule has 2 aromatic carbocycles. The van der Waals surface area contributed by atoms with E-state index in [1.807, 2.05) is 73.3 Å². The van der Waals surface area contributed by atoms with Gasteiger partial charge in [-0.15, -0.1) is 10.2 Å². The number of hydrogen-bond donors (Lipinski definition) is 1. The van der Waals surface area contributed by atoms with E-state index in [2.05, 4.69) is 15.5 Å².